The molecule has 3 aromatic rings. The van der Waals surface area contributed by atoms with Gasteiger partial charge in [-0.05, 0) is 31.2 Å². The SMILES string of the molecule is CCOc1ccccc1C1CC(=O)Nc2c1cnn2-c1cccc(F)c1. The van der Waals surface area contributed by atoms with Gasteiger partial charge in [-0.15, -0.1) is 0 Å². The molecule has 0 saturated carbocycles. The van der Waals surface area contributed by atoms with Gasteiger partial charge in [-0.1, -0.05) is 24.3 Å². The third kappa shape index (κ3) is 2.83. The highest BCUT2D eigenvalue weighted by molar-refractivity contribution is 5.94. The predicted molar refractivity (Wildman–Crippen MR) is 96.2 cm³/mol. The van der Waals surface area contributed by atoms with Crippen LogP contribution in [0, 0.1) is 5.82 Å². The molecule has 0 saturated heterocycles. The number of hydrogen-bond acceptors (Lipinski definition) is 3. The van der Waals surface area contributed by atoms with Crippen LogP contribution >= 0.6 is 0 Å². The van der Waals surface area contributed by atoms with Crippen LogP contribution in [-0.2, 0) is 4.79 Å². The highest BCUT2D eigenvalue weighted by Gasteiger charge is 2.32. The van der Waals surface area contributed by atoms with E-state index in [0.717, 1.165) is 16.9 Å². The Morgan fingerprint density at radius 3 is 2.88 bits per heavy atom. The number of hydrogen-bond donors (Lipinski definition) is 1. The molecule has 5 nitrogen and oxygen atoms in total. The van der Waals surface area contributed by atoms with Gasteiger partial charge in [0.2, 0.25) is 5.91 Å². The van der Waals surface area contributed by atoms with Gasteiger partial charge < -0.3 is 10.1 Å². The summed E-state index contributed by atoms with van der Waals surface area (Å²) in [4.78, 5) is 12.4. The number of rotatable bonds is 4. The molecule has 1 aliphatic heterocycles. The van der Waals surface area contributed by atoms with Crippen molar-refractivity contribution in [1.29, 1.82) is 0 Å². The second kappa shape index (κ2) is 6.63. The molecule has 0 aliphatic carbocycles. The molecule has 1 atom stereocenters. The lowest BCUT2D eigenvalue weighted by atomic mass is 9.87. The first-order valence-electron chi connectivity index (χ1n) is 8.52. The van der Waals surface area contributed by atoms with Crippen molar-refractivity contribution < 1.29 is 13.9 Å². The second-order valence-corrected chi connectivity index (χ2v) is 6.12. The molecule has 2 aromatic carbocycles. The van der Waals surface area contributed by atoms with Crippen LogP contribution in [0.4, 0.5) is 10.2 Å². The van der Waals surface area contributed by atoms with Gasteiger partial charge in [0.1, 0.15) is 17.4 Å². The Morgan fingerprint density at radius 1 is 1.23 bits per heavy atom. The van der Waals surface area contributed by atoms with E-state index in [1.54, 1.807) is 23.0 Å². The maximum Gasteiger partial charge on any atom is 0.226 e. The molecule has 4 rings (SSSR count). The molecule has 2 heterocycles. The Labute approximate surface area is 150 Å². The Morgan fingerprint density at radius 2 is 2.08 bits per heavy atom. The van der Waals surface area contributed by atoms with Gasteiger partial charge in [-0.3, -0.25) is 4.79 Å². The van der Waals surface area contributed by atoms with E-state index in [9.17, 15) is 9.18 Å². The minimum atomic E-state index is -0.355. The molecule has 1 N–H and O–H groups in total. The van der Waals surface area contributed by atoms with E-state index in [2.05, 4.69) is 10.4 Å². The Balaban J connectivity index is 1.82. The van der Waals surface area contributed by atoms with Gasteiger partial charge in [-0.25, -0.2) is 9.07 Å². The average molecular weight is 351 g/mol. The van der Waals surface area contributed by atoms with Gasteiger partial charge in [0, 0.05) is 23.5 Å². The van der Waals surface area contributed by atoms with Crippen LogP contribution in [0.1, 0.15) is 30.4 Å². The number of amides is 1. The van der Waals surface area contributed by atoms with Crippen LogP contribution in [0.2, 0.25) is 0 Å². The number of carbonyl (C=O) groups is 1. The lowest BCUT2D eigenvalue weighted by molar-refractivity contribution is -0.116. The Kier molecular flexibility index (Phi) is 4.16. The largest absolute Gasteiger partial charge is 0.494 e. The molecule has 1 unspecified atom stereocenters. The molecule has 0 radical (unpaired) electrons. The van der Waals surface area contributed by atoms with Crippen LogP contribution in [0.15, 0.2) is 54.7 Å². The highest BCUT2D eigenvalue weighted by atomic mass is 19.1. The molecule has 0 fully saturated rings. The standard InChI is InChI=1S/C20H18FN3O2/c1-2-26-18-9-4-3-8-15(18)16-11-19(25)23-20-17(16)12-22-24(20)14-7-5-6-13(21)10-14/h3-10,12,16H,2,11H2,1H3,(H,23,25). The van der Waals surface area contributed by atoms with Crippen LogP contribution in [0.5, 0.6) is 5.75 Å². The predicted octanol–water partition coefficient (Wildman–Crippen LogP) is 3.88. The smallest absolute Gasteiger partial charge is 0.226 e. The van der Waals surface area contributed by atoms with Gasteiger partial charge in [0.15, 0.2) is 0 Å². The van der Waals surface area contributed by atoms with Crippen molar-refractivity contribution in [2.24, 2.45) is 0 Å². The normalized spacial score (nSPS) is 16.1. The zero-order valence-corrected chi connectivity index (χ0v) is 14.3. The van der Waals surface area contributed by atoms with E-state index in [1.165, 1.54) is 12.1 Å². The van der Waals surface area contributed by atoms with Crippen molar-refractivity contribution in [3.8, 4) is 11.4 Å². The van der Waals surface area contributed by atoms with Crippen LogP contribution in [0.3, 0.4) is 0 Å². The van der Waals surface area contributed by atoms with Crippen molar-refractivity contribution in [3.63, 3.8) is 0 Å². The van der Waals surface area contributed by atoms with Crippen molar-refractivity contribution in [2.45, 2.75) is 19.3 Å². The summed E-state index contributed by atoms with van der Waals surface area (Å²) in [6.45, 7) is 2.48. The maximum atomic E-state index is 13.6. The fraction of sp³-hybridized carbons (Fsp3) is 0.200. The summed E-state index contributed by atoms with van der Waals surface area (Å²) in [5.41, 5.74) is 2.40. The van der Waals surface area contributed by atoms with E-state index in [0.29, 0.717) is 24.5 Å². The lowest BCUT2D eigenvalue weighted by Gasteiger charge is -2.25. The minimum absolute atomic E-state index is 0.105. The number of aromatic nitrogens is 2. The number of ether oxygens (including phenoxy) is 1. The summed E-state index contributed by atoms with van der Waals surface area (Å²) < 4.78 is 20.9. The van der Waals surface area contributed by atoms with E-state index < -0.39 is 0 Å². The molecule has 0 bridgehead atoms. The third-order valence-electron chi connectivity index (χ3n) is 4.47. The molecule has 6 heteroatoms. The van der Waals surface area contributed by atoms with Gasteiger partial charge in [-0.2, -0.15) is 5.10 Å². The summed E-state index contributed by atoms with van der Waals surface area (Å²) in [5.74, 6) is 0.713. The van der Waals surface area contributed by atoms with Gasteiger partial charge in [0.05, 0.1) is 18.5 Å². The monoisotopic (exact) mass is 351 g/mol. The number of para-hydroxylation sites is 1. The Bertz CT molecular complexity index is 967. The van der Waals surface area contributed by atoms with Crippen molar-refractivity contribution in [1.82, 2.24) is 9.78 Å². The fourth-order valence-corrected chi connectivity index (χ4v) is 3.36. The maximum absolute atomic E-state index is 13.6. The van der Waals surface area contributed by atoms with Gasteiger partial charge in [0.25, 0.3) is 0 Å². The number of benzene rings is 2. The van der Waals surface area contributed by atoms with Crippen LogP contribution in [0.25, 0.3) is 5.69 Å². The Hall–Kier alpha value is -3.15. The van der Waals surface area contributed by atoms with Crippen molar-refractivity contribution >= 4 is 11.7 Å². The van der Waals surface area contributed by atoms with Crippen molar-refractivity contribution in [2.75, 3.05) is 11.9 Å². The van der Waals surface area contributed by atoms with E-state index in [-0.39, 0.29) is 17.6 Å². The zero-order valence-electron chi connectivity index (χ0n) is 14.3. The summed E-state index contributed by atoms with van der Waals surface area (Å²) in [5, 5.41) is 7.27. The minimum Gasteiger partial charge on any atom is -0.494 e. The molecule has 0 spiro atoms. The van der Waals surface area contributed by atoms with Gasteiger partial charge >= 0.3 is 0 Å². The summed E-state index contributed by atoms with van der Waals surface area (Å²) in [6, 6.07) is 13.8. The highest BCUT2D eigenvalue weighted by Crippen LogP contribution is 2.41. The number of carbonyl (C=O) groups excluding carboxylic acids is 1. The quantitative estimate of drug-likeness (QED) is 0.776. The number of nitrogens with one attached hydrogen (secondary N) is 1. The molecule has 1 amide bonds. The number of anilines is 1. The van der Waals surface area contributed by atoms with Crippen molar-refractivity contribution in [3.05, 3.63) is 71.7 Å². The first kappa shape index (κ1) is 16.3. The molecular weight excluding hydrogens is 333 g/mol. The fourth-order valence-electron chi connectivity index (χ4n) is 3.36. The first-order chi connectivity index (χ1) is 12.7. The van der Waals surface area contributed by atoms with Crippen LogP contribution < -0.4 is 10.1 Å². The molecule has 1 aromatic heterocycles. The second-order valence-electron chi connectivity index (χ2n) is 6.12. The molecular formula is C20H18FN3O2. The molecule has 26 heavy (non-hydrogen) atoms. The number of halogens is 1. The topological polar surface area (TPSA) is 56.1 Å². The average Bonchev–Trinajstić information content (AvgIpc) is 3.05. The lowest BCUT2D eigenvalue weighted by Crippen LogP contribution is -2.25. The molecule has 1 aliphatic rings. The van der Waals surface area contributed by atoms with E-state index >= 15 is 0 Å². The van der Waals surface area contributed by atoms with E-state index in [1.807, 2.05) is 31.2 Å². The summed E-state index contributed by atoms with van der Waals surface area (Å²) in [6.07, 6.45) is 2.04. The summed E-state index contributed by atoms with van der Waals surface area (Å²) >= 11 is 0. The first-order valence-corrected chi connectivity index (χ1v) is 8.52. The molecule has 132 valence electrons. The zero-order chi connectivity index (χ0) is 18.1. The summed E-state index contributed by atoms with van der Waals surface area (Å²) in [7, 11) is 0. The third-order valence-corrected chi connectivity index (χ3v) is 4.47. The number of fused-ring (bicyclic) bond motifs is 1. The van der Waals surface area contributed by atoms with E-state index in [4.69, 9.17) is 4.74 Å². The number of nitrogens with zero attached hydrogens (tertiary/aromatic N) is 2. The van der Waals surface area contributed by atoms with Crippen LogP contribution in [-0.4, -0.2) is 22.3 Å².